The average Bonchev–Trinajstić information content (AvgIpc) is 2.89. The van der Waals surface area contributed by atoms with Crippen LogP contribution < -0.4 is 16.0 Å². The number of nitrogens with two attached hydrogens (primary N) is 1. The van der Waals surface area contributed by atoms with E-state index in [-0.39, 0.29) is 25.2 Å². The van der Waals surface area contributed by atoms with Gasteiger partial charge in [0.05, 0.1) is 6.54 Å². The van der Waals surface area contributed by atoms with Crippen molar-refractivity contribution in [2.75, 3.05) is 29.0 Å². The number of nitrogen functional groups attached to an aromatic ring is 1. The molecule has 2 heterocycles. The van der Waals surface area contributed by atoms with Gasteiger partial charge in [0, 0.05) is 24.5 Å². The number of aromatic nitrogens is 2. The summed E-state index contributed by atoms with van der Waals surface area (Å²) in [4.78, 5) is 10.0. The minimum Gasteiger partial charge on any atom is -0.393 e. The Hall–Kier alpha value is -2.15. The van der Waals surface area contributed by atoms with E-state index in [1.807, 2.05) is 18.2 Å². The fourth-order valence-electron chi connectivity index (χ4n) is 2.68. The molecule has 0 amide bonds. The predicted molar refractivity (Wildman–Crippen MR) is 91.7 cm³/mol. The Bertz CT molecular complexity index is 753. The number of nitrogens with zero attached hydrogens (tertiary/aromatic N) is 3. The number of aryl methyl sites for hydroxylation is 1. The lowest BCUT2D eigenvalue weighted by atomic mass is 10.2. The van der Waals surface area contributed by atoms with Crippen molar-refractivity contribution >= 4 is 28.9 Å². The Labute approximate surface area is 143 Å². The van der Waals surface area contributed by atoms with Gasteiger partial charge in [-0.3, -0.25) is 0 Å². The highest BCUT2D eigenvalue weighted by molar-refractivity contribution is 6.31. The normalized spacial score (nSPS) is 16.4. The Morgan fingerprint density at radius 2 is 2.08 bits per heavy atom. The number of halogens is 3. The molecule has 3 rings (SSSR count). The van der Waals surface area contributed by atoms with Crippen LogP contribution in [0, 0.1) is 6.92 Å². The van der Waals surface area contributed by atoms with E-state index in [2.05, 4.69) is 15.3 Å². The van der Waals surface area contributed by atoms with Gasteiger partial charge < -0.3 is 16.0 Å². The van der Waals surface area contributed by atoms with Crippen molar-refractivity contribution in [2.24, 2.45) is 0 Å². The summed E-state index contributed by atoms with van der Waals surface area (Å²) in [6.45, 7) is 1.98. The summed E-state index contributed by atoms with van der Waals surface area (Å²) in [5, 5.41) is 3.75. The molecule has 1 aliphatic rings. The second-order valence-corrected chi connectivity index (χ2v) is 6.24. The van der Waals surface area contributed by atoms with Gasteiger partial charge in [0.2, 0.25) is 0 Å². The molecule has 0 atom stereocenters. The molecule has 128 valence electrons. The zero-order valence-electron chi connectivity index (χ0n) is 13.2. The number of rotatable bonds is 4. The van der Waals surface area contributed by atoms with Gasteiger partial charge >= 0.3 is 0 Å². The van der Waals surface area contributed by atoms with E-state index >= 15 is 0 Å². The molecule has 1 fully saturated rings. The maximum absolute atomic E-state index is 13.5. The molecule has 8 heteroatoms. The summed E-state index contributed by atoms with van der Waals surface area (Å²) in [5.74, 6) is -1.47. The molecule has 5 nitrogen and oxygen atoms in total. The van der Waals surface area contributed by atoms with Crippen LogP contribution in [0.5, 0.6) is 0 Å². The second kappa shape index (κ2) is 6.39. The predicted octanol–water partition coefficient (Wildman–Crippen LogP) is 3.48. The van der Waals surface area contributed by atoms with Gasteiger partial charge in [0.1, 0.15) is 11.5 Å². The molecule has 1 aromatic heterocycles. The SMILES string of the molecule is Cc1nc(NCc2ccccc2Cl)c(N)c(N2CCC(F)(F)C2)n1. The molecular formula is C16H18ClF2N5. The van der Waals surface area contributed by atoms with Crippen molar-refractivity contribution in [3.05, 3.63) is 40.7 Å². The van der Waals surface area contributed by atoms with E-state index in [9.17, 15) is 8.78 Å². The summed E-state index contributed by atoms with van der Waals surface area (Å²) < 4.78 is 26.9. The lowest BCUT2D eigenvalue weighted by molar-refractivity contribution is 0.0257. The molecule has 1 saturated heterocycles. The summed E-state index contributed by atoms with van der Waals surface area (Å²) in [6.07, 6.45) is -0.197. The first kappa shape index (κ1) is 16.7. The number of benzene rings is 1. The quantitative estimate of drug-likeness (QED) is 0.880. The van der Waals surface area contributed by atoms with Gasteiger partial charge in [-0.25, -0.2) is 18.7 Å². The van der Waals surface area contributed by atoms with Gasteiger partial charge in [-0.2, -0.15) is 0 Å². The van der Waals surface area contributed by atoms with E-state index in [0.29, 0.717) is 29.0 Å². The van der Waals surface area contributed by atoms with Crippen LogP contribution in [-0.4, -0.2) is 29.0 Å². The van der Waals surface area contributed by atoms with Crippen LogP contribution in [-0.2, 0) is 6.54 Å². The molecule has 0 saturated carbocycles. The van der Waals surface area contributed by atoms with Gasteiger partial charge in [0.15, 0.2) is 11.6 Å². The maximum Gasteiger partial charge on any atom is 0.266 e. The zero-order valence-corrected chi connectivity index (χ0v) is 13.9. The van der Waals surface area contributed by atoms with E-state index in [1.54, 1.807) is 13.0 Å². The van der Waals surface area contributed by atoms with Crippen molar-refractivity contribution in [1.29, 1.82) is 0 Å². The third-order valence-electron chi connectivity index (χ3n) is 3.91. The van der Waals surface area contributed by atoms with Crippen LogP contribution in [0.25, 0.3) is 0 Å². The number of hydrogen-bond donors (Lipinski definition) is 2. The van der Waals surface area contributed by atoms with Crippen molar-refractivity contribution < 1.29 is 8.78 Å². The van der Waals surface area contributed by atoms with Gasteiger partial charge in [-0.15, -0.1) is 0 Å². The van der Waals surface area contributed by atoms with Crippen molar-refractivity contribution in [3.63, 3.8) is 0 Å². The molecule has 1 aromatic carbocycles. The molecule has 0 bridgehead atoms. The first-order chi connectivity index (χ1) is 11.4. The lowest BCUT2D eigenvalue weighted by Gasteiger charge is -2.21. The monoisotopic (exact) mass is 353 g/mol. The Morgan fingerprint density at radius 1 is 1.33 bits per heavy atom. The number of anilines is 3. The first-order valence-corrected chi connectivity index (χ1v) is 7.98. The average molecular weight is 354 g/mol. The molecule has 2 aromatic rings. The van der Waals surface area contributed by atoms with Gasteiger partial charge in [0.25, 0.3) is 5.92 Å². The largest absolute Gasteiger partial charge is 0.393 e. The summed E-state index contributed by atoms with van der Waals surface area (Å²) in [5.41, 5.74) is 7.28. The molecule has 0 unspecified atom stereocenters. The number of alkyl halides is 2. The van der Waals surface area contributed by atoms with Gasteiger partial charge in [-0.05, 0) is 18.6 Å². The van der Waals surface area contributed by atoms with Crippen LogP contribution in [0.2, 0.25) is 5.02 Å². The van der Waals surface area contributed by atoms with Crippen molar-refractivity contribution in [1.82, 2.24) is 9.97 Å². The highest BCUT2D eigenvalue weighted by atomic mass is 35.5. The molecule has 1 aliphatic heterocycles. The van der Waals surface area contributed by atoms with Crippen molar-refractivity contribution in [3.8, 4) is 0 Å². The number of hydrogen-bond acceptors (Lipinski definition) is 5. The van der Waals surface area contributed by atoms with E-state index in [1.165, 1.54) is 4.90 Å². The Kier molecular flexibility index (Phi) is 4.45. The Balaban J connectivity index is 1.83. The van der Waals surface area contributed by atoms with Crippen LogP contribution in [0.15, 0.2) is 24.3 Å². The topological polar surface area (TPSA) is 67.1 Å². The summed E-state index contributed by atoms with van der Waals surface area (Å²) >= 11 is 6.13. The molecule has 3 N–H and O–H groups in total. The Morgan fingerprint density at radius 3 is 2.75 bits per heavy atom. The summed E-state index contributed by atoms with van der Waals surface area (Å²) in [7, 11) is 0. The van der Waals surface area contributed by atoms with Gasteiger partial charge in [-0.1, -0.05) is 29.8 Å². The van der Waals surface area contributed by atoms with Crippen LogP contribution in [0.4, 0.5) is 26.1 Å². The highest BCUT2D eigenvalue weighted by Gasteiger charge is 2.39. The molecule has 0 radical (unpaired) electrons. The number of nitrogens with one attached hydrogen (secondary N) is 1. The van der Waals surface area contributed by atoms with Crippen LogP contribution >= 0.6 is 11.6 Å². The van der Waals surface area contributed by atoms with E-state index in [4.69, 9.17) is 17.3 Å². The lowest BCUT2D eigenvalue weighted by Crippen LogP contribution is -2.27. The third-order valence-corrected chi connectivity index (χ3v) is 4.28. The fourth-order valence-corrected chi connectivity index (χ4v) is 2.88. The van der Waals surface area contributed by atoms with Crippen LogP contribution in [0.1, 0.15) is 17.8 Å². The molecule has 0 aliphatic carbocycles. The molecule has 24 heavy (non-hydrogen) atoms. The zero-order chi connectivity index (χ0) is 17.3. The standard InChI is InChI=1S/C16H18ClF2N5/c1-10-22-14(21-8-11-4-2-3-5-12(11)17)13(20)15(23-10)24-7-6-16(18,19)9-24/h2-5H,6-9,20H2,1H3,(H,21,22,23). The molecule has 0 spiro atoms. The van der Waals surface area contributed by atoms with E-state index < -0.39 is 5.92 Å². The van der Waals surface area contributed by atoms with E-state index in [0.717, 1.165) is 5.56 Å². The first-order valence-electron chi connectivity index (χ1n) is 7.60. The maximum atomic E-state index is 13.5. The summed E-state index contributed by atoms with van der Waals surface area (Å²) in [6, 6.07) is 7.42. The van der Waals surface area contributed by atoms with Crippen LogP contribution in [0.3, 0.4) is 0 Å². The second-order valence-electron chi connectivity index (χ2n) is 5.83. The molecular weight excluding hydrogens is 336 g/mol. The minimum absolute atomic E-state index is 0.197. The minimum atomic E-state index is -2.71. The fraction of sp³-hybridized carbons (Fsp3) is 0.375. The smallest absolute Gasteiger partial charge is 0.266 e. The van der Waals surface area contributed by atoms with Crippen molar-refractivity contribution in [2.45, 2.75) is 25.8 Å². The third kappa shape index (κ3) is 3.51. The highest BCUT2D eigenvalue weighted by Crippen LogP contribution is 2.35.